The summed E-state index contributed by atoms with van der Waals surface area (Å²) in [4.78, 5) is 14.0. The molecule has 1 atom stereocenters. The lowest BCUT2D eigenvalue weighted by molar-refractivity contribution is -0.125. The second-order valence-corrected chi connectivity index (χ2v) is 6.13. The number of allylic oxidation sites excluding steroid dienone is 1. The third kappa shape index (κ3) is 3.15. The fourth-order valence-electron chi connectivity index (χ4n) is 2.22. The van der Waals surface area contributed by atoms with Crippen molar-refractivity contribution in [3.8, 4) is 0 Å². The maximum Gasteiger partial charge on any atom is 0.253 e. The number of likely N-dealkylation sites (N-methyl/N-ethyl adjacent to an activating group) is 1. The van der Waals surface area contributed by atoms with Gasteiger partial charge in [0.25, 0.3) is 5.91 Å². The van der Waals surface area contributed by atoms with Gasteiger partial charge in [-0.2, -0.15) is 0 Å². The molecule has 1 aliphatic rings. The van der Waals surface area contributed by atoms with Crippen molar-refractivity contribution in [1.29, 1.82) is 0 Å². The van der Waals surface area contributed by atoms with Crippen LogP contribution in [0, 0.1) is 0 Å². The van der Waals surface area contributed by atoms with E-state index < -0.39 is 6.04 Å². The number of nitrogens with zero attached hydrogens (tertiary/aromatic N) is 1. The Kier molecular flexibility index (Phi) is 4.76. The van der Waals surface area contributed by atoms with E-state index in [1.54, 1.807) is 32.3 Å². The first-order valence-corrected chi connectivity index (χ1v) is 7.43. The van der Waals surface area contributed by atoms with Crippen molar-refractivity contribution in [1.82, 2.24) is 15.5 Å². The summed E-state index contributed by atoms with van der Waals surface area (Å²) >= 11 is 17.7. The first-order chi connectivity index (χ1) is 9.82. The van der Waals surface area contributed by atoms with Gasteiger partial charge < -0.3 is 15.5 Å². The highest BCUT2D eigenvalue weighted by Gasteiger charge is 2.33. The smallest absolute Gasteiger partial charge is 0.253 e. The van der Waals surface area contributed by atoms with Gasteiger partial charge >= 0.3 is 0 Å². The Hall–Kier alpha value is -1.30. The first-order valence-electron chi connectivity index (χ1n) is 6.26. The molecule has 2 rings (SSSR count). The van der Waals surface area contributed by atoms with E-state index in [-0.39, 0.29) is 5.91 Å². The van der Waals surface area contributed by atoms with Crippen LogP contribution in [-0.2, 0) is 4.79 Å². The van der Waals surface area contributed by atoms with E-state index in [0.29, 0.717) is 32.0 Å². The summed E-state index contributed by atoms with van der Waals surface area (Å²) in [5.74, 6) is -0.129. The van der Waals surface area contributed by atoms with Gasteiger partial charge in [-0.3, -0.25) is 4.79 Å². The standard InChI is InChI=1S/C14H15Cl2N3OS/c1-7-10(13(20)19(2)3)12(18-14(21)17-7)11-8(15)5-4-6-9(11)16/h4-6,12H,1-3H3,(H2,17,18,21)/t12-/m0/s1. The molecule has 0 aliphatic carbocycles. The Morgan fingerprint density at radius 1 is 1.29 bits per heavy atom. The average molecular weight is 344 g/mol. The highest BCUT2D eigenvalue weighted by molar-refractivity contribution is 7.80. The minimum atomic E-state index is -0.477. The molecule has 1 aromatic rings. The quantitative estimate of drug-likeness (QED) is 0.810. The summed E-state index contributed by atoms with van der Waals surface area (Å²) in [5, 5.41) is 7.46. The Bertz CT molecular complexity index is 623. The molecule has 1 aliphatic heterocycles. The summed E-state index contributed by atoms with van der Waals surface area (Å²) in [5.41, 5.74) is 1.89. The maximum atomic E-state index is 12.5. The van der Waals surface area contributed by atoms with Crippen molar-refractivity contribution in [2.45, 2.75) is 13.0 Å². The number of amides is 1. The molecule has 0 aromatic heterocycles. The molecule has 4 nitrogen and oxygen atoms in total. The summed E-state index contributed by atoms with van der Waals surface area (Å²) in [6.45, 7) is 1.81. The highest BCUT2D eigenvalue weighted by atomic mass is 35.5. The van der Waals surface area contributed by atoms with Crippen LogP contribution in [0.1, 0.15) is 18.5 Å². The average Bonchev–Trinajstić information content (AvgIpc) is 2.37. The van der Waals surface area contributed by atoms with Gasteiger partial charge in [0, 0.05) is 35.4 Å². The Balaban J connectivity index is 2.61. The van der Waals surface area contributed by atoms with Gasteiger partial charge in [0.2, 0.25) is 0 Å². The number of thiocarbonyl (C=S) groups is 1. The second-order valence-electron chi connectivity index (χ2n) is 4.91. The number of hydrogen-bond donors (Lipinski definition) is 2. The van der Waals surface area contributed by atoms with Crippen molar-refractivity contribution in [2.75, 3.05) is 14.1 Å². The van der Waals surface area contributed by atoms with Gasteiger partial charge in [-0.25, -0.2) is 0 Å². The lowest BCUT2D eigenvalue weighted by Gasteiger charge is -2.32. The van der Waals surface area contributed by atoms with Gasteiger partial charge in [0.1, 0.15) is 0 Å². The zero-order valence-electron chi connectivity index (χ0n) is 11.8. The fourth-order valence-corrected chi connectivity index (χ4v) is 3.11. The number of carbonyl (C=O) groups excluding carboxylic acids is 1. The van der Waals surface area contributed by atoms with Gasteiger partial charge in [0.15, 0.2) is 5.11 Å². The fraction of sp³-hybridized carbons (Fsp3) is 0.286. The molecule has 0 bridgehead atoms. The Morgan fingerprint density at radius 2 is 1.86 bits per heavy atom. The molecule has 0 spiro atoms. The number of halogens is 2. The summed E-state index contributed by atoms with van der Waals surface area (Å²) in [6.07, 6.45) is 0. The molecule has 0 unspecified atom stereocenters. The zero-order chi connectivity index (χ0) is 15.7. The first kappa shape index (κ1) is 16.1. The third-order valence-electron chi connectivity index (χ3n) is 3.19. The van der Waals surface area contributed by atoms with Gasteiger partial charge in [-0.1, -0.05) is 29.3 Å². The maximum absolute atomic E-state index is 12.5. The van der Waals surface area contributed by atoms with Crippen molar-refractivity contribution in [2.24, 2.45) is 0 Å². The summed E-state index contributed by atoms with van der Waals surface area (Å²) in [7, 11) is 3.39. The van der Waals surface area contributed by atoms with Crippen LogP contribution >= 0.6 is 35.4 Å². The number of benzene rings is 1. The Morgan fingerprint density at radius 3 is 2.38 bits per heavy atom. The molecule has 1 heterocycles. The molecule has 7 heteroatoms. The van der Waals surface area contributed by atoms with Crippen LogP contribution in [0.4, 0.5) is 0 Å². The van der Waals surface area contributed by atoms with Crippen LogP contribution in [0.5, 0.6) is 0 Å². The van der Waals surface area contributed by atoms with Crippen LogP contribution in [0.3, 0.4) is 0 Å². The summed E-state index contributed by atoms with van der Waals surface area (Å²) in [6, 6.07) is 4.76. The van der Waals surface area contributed by atoms with Crippen LogP contribution < -0.4 is 10.6 Å². The van der Waals surface area contributed by atoms with Crippen molar-refractivity contribution in [3.63, 3.8) is 0 Å². The van der Waals surface area contributed by atoms with Gasteiger partial charge in [-0.15, -0.1) is 0 Å². The number of hydrogen-bond acceptors (Lipinski definition) is 2. The monoisotopic (exact) mass is 343 g/mol. The topological polar surface area (TPSA) is 44.4 Å². The summed E-state index contributed by atoms with van der Waals surface area (Å²) < 4.78 is 0. The van der Waals surface area contributed by atoms with Crippen LogP contribution in [0.2, 0.25) is 10.0 Å². The number of carbonyl (C=O) groups is 1. The lowest BCUT2D eigenvalue weighted by atomic mass is 9.94. The van der Waals surface area contributed by atoms with Crippen LogP contribution in [-0.4, -0.2) is 30.0 Å². The van der Waals surface area contributed by atoms with E-state index in [4.69, 9.17) is 35.4 Å². The van der Waals surface area contributed by atoms with Gasteiger partial charge in [0.05, 0.1) is 11.6 Å². The van der Waals surface area contributed by atoms with E-state index in [9.17, 15) is 4.79 Å². The molecule has 112 valence electrons. The predicted molar refractivity (Wildman–Crippen MR) is 89.5 cm³/mol. The molecule has 21 heavy (non-hydrogen) atoms. The van der Waals surface area contributed by atoms with Crippen molar-refractivity contribution < 1.29 is 4.79 Å². The van der Waals surface area contributed by atoms with E-state index >= 15 is 0 Å². The Labute approximate surface area is 139 Å². The van der Waals surface area contributed by atoms with Crippen LogP contribution in [0.15, 0.2) is 29.5 Å². The molecular formula is C14H15Cl2N3OS. The molecule has 0 saturated heterocycles. The molecule has 0 saturated carbocycles. The van der Waals surface area contributed by atoms with E-state index in [0.717, 1.165) is 0 Å². The number of rotatable bonds is 2. The molecular weight excluding hydrogens is 329 g/mol. The predicted octanol–water partition coefficient (Wildman–Crippen LogP) is 2.87. The van der Waals surface area contributed by atoms with Crippen molar-refractivity contribution in [3.05, 3.63) is 45.1 Å². The lowest BCUT2D eigenvalue weighted by Crippen LogP contribution is -2.46. The molecule has 1 amide bonds. The molecule has 1 aromatic carbocycles. The normalized spacial score (nSPS) is 18.1. The van der Waals surface area contributed by atoms with E-state index in [1.807, 2.05) is 6.92 Å². The second kappa shape index (κ2) is 6.22. The zero-order valence-corrected chi connectivity index (χ0v) is 14.2. The van der Waals surface area contributed by atoms with Crippen LogP contribution in [0.25, 0.3) is 0 Å². The third-order valence-corrected chi connectivity index (χ3v) is 4.07. The molecule has 0 radical (unpaired) electrons. The van der Waals surface area contributed by atoms with E-state index in [2.05, 4.69) is 10.6 Å². The van der Waals surface area contributed by atoms with Gasteiger partial charge in [-0.05, 0) is 31.3 Å². The van der Waals surface area contributed by atoms with E-state index in [1.165, 1.54) is 4.90 Å². The molecule has 0 fully saturated rings. The minimum Gasteiger partial charge on any atom is -0.351 e. The minimum absolute atomic E-state index is 0.129. The van der Waals surface area contributed by atoms with Crippen molar-refractivity contribution >= 4 is 46.4 Å². The highest BCUT2D eigenvalue weighted by Crippen LogP contribution is 2.36. The SMILES string of the molecule is CC1=C(C(=O)N(C)C)[C@@H](c2c(Cl)cccc2Cl)NC(=S)N1. The number of nitrogens with one attached hydrogen (secondary N) is 2. The molecule has 2 N–H and O–H groups in total. The largest absolute Gasteiger partial charge is 0.351 e.